The van der Waals surface area contributed by atoms with Crippen molar-refractivity contribution in [1.29, 1.82) is 0 Å². The molecule has 0 aliphatic rings. The maximum absolute atomic E-state index is 11.3. The second-order valence-corrected chi connectivity index (χ2v) is 3.20. The Kier molecular flexibility index (Phi) is 7.94. The van der Waals surface area contributed by atoms with Gasteiger partial charge in [0.2, 0.25) is 0 Å². The number of hydrogen-bond donors (Lipinski definition) is 0. The second kappa shape index (κ2) is 8.20. The molecule has 0 aliphatic heterocycles. The number of rotatable bonds is 8. The van der Waals surface area contributed by atoms with Crippen LogP contribution in [0.25, 0.3) is 0 Å². The SMILES string of the molecule is CCCOCC(=O)C(C)CCOC. The molecule has 0 bridgehead atoms. The largest absolute Gasteiger partial charge is 0.385 e. The molecule has 1 atom stereocenters. The van der Waals surface area contributed by atoms with Gasteiger partial charge in [0, 0.05) is 26.2 Å². The fourth-order valence-corrected chi connectivity index (χ4v) is 0.915. The van der Waals surface area contributed by atoms with Crippen molar-refractivity contribution in [3.63, 3.8) is 0 Å². The Bertz CT molecular complexity index is 134. The predicted molar refractivity (Wildman–Crippen MR) is 51.8 cm³/mol. The van der Waals surface area contributed by atoms with E-state index in [9.17, 15) is 4.79 Å². The minimum atomic E-state index is 0.0526. The topological polar surface area (TPSA) is 35.5 Å². The summed E-state index contributed by atoms with van der Waals surface area (Å²) in [6, 6.07) is 0. The molecule has 0 aromatic heterocycles. The molecule has 78 valence electrons. The van der Waals surface area contributed by atoms with Crippen LogP contribution < -0.4 is 0 Å². The van der Waals surface area contributed by atoms with Gasteiger partial charge in [-0.25, -0.2) is 0 Å². The van der Waals surface area contributed by atoms with E-state index in [2.05, 4.69) is 0 Å². The molecule has 3 heteroatoms. The van der Waals surface area contributed by atoms with Crippen molar-refractivity contribution in [1.82, 2.24) is 0 Å². The Morgan fingerprint density at radius 3 is 2.62 bits per heavy atom. The summed E-state index contributed by atoms with van der Waals surface area (Å²) >= 11 is 0. The van der Waals surface area contributed by atoms with Gasteiger partial charge in [0.25, 0.3) is 0 Å². The Labute approximate surface area is 80.4 Å². The lowest BCUT2D eigenvalue weighted by molar-refractivity contribution is -0.127. The fourth-order valence-electron chi connectivity index (χ4n) is 0.915. The van der Waals surface area contributed by atoms with Gasteiger partial charge in [0.1, 0.15) is 6.61 Å². The molecule has 1 unspecified atom stereocenters. The van der Waals surface area contributed by atoms with Gasteiger partial charge in [-0.15, -0.1) is 0 Å². The lowest BCUT2D eigenvalue weighted by Crippen LogP contribution is -2.19. The minimum Gasteiger partial charge on any atom is -0.385 e. The van der Waals surface area contributed by atoms with Crippen LogP contribution in [0, 0.1) is 5.92 Å². The van der Waals surface area contributed by atoms with Gasteiger partial charge in [-0.3, -0.25) is 4.79 Å². The lowest BCUT2D eigenvalue weighted by atomic mass is 10.0. The number of hydrogen-bond acceptors (Lipinski definition) is 3. The van der Waals surface area contributed by atoms with Crippen LogP contribution in [-0.4, -0.2) is 32.7 Å². The van der Waals surface area contributed by atoms with Crippen LogP contribution in [0.3, 0.4) is 0 Å². The first-order valence-corrected chi connectivity index (χ1v) is 4.81. The average molecular weight is 188 g/mol. The molecular weight excluding hydrogens is 168 g/mol. The summed E-state index contributed by atoms with van der Waals surface area (Å²) in [4.78, 5) is 11.3. The van der Waals surface area contributed by atoms with Crippen LogP contribution in [0.2, 0.25) is 0 Å². The Morgan fingerprint density at radius 1 is 1.38 bits per heavy atom. The predicted octanol–water partition coefficient (Wildman–Crippen LogP) is 1.65. The molecule has 0 saturated carbocycles. The smallest absolute Gasteiger partial charge is 0.161 e. The first-order chi connectivity index (χ1) is 6.22. The summed E-state index contributed by atoms with van der Waals surface area (Å²) in [5.41, 5.74) is 0. The molecule has 0 fully saturated rings. The molecule has 0 spiro atoms. The van der Waals surface area contributed by atoms with Crippen LogP contribution in [0.4, 0.5) is 0 Å². The summed E-state index contributed by atoms with van der Waals surface area (Å²) < 4.78 is 10.1. The van der Waals surface area contributed by atoms with Crippen molar-refractivity contribution in [2.75, 3.05) is 26.9 Å². The van der Waals surface area contributed by atoms with E-state index in [0.717, 1.165) is 12.8 Å². The lowest BCUT2D eigenvalue weighted by Gasteiger charge is -2.09. The van der Waals surface area contributed by atoms with Crippen molar-refractivity contribution < 1.29 is 14.3 Å². The molecule has 0 amide bonds. The molecule has 0 N–H and O–H groups in total. The third-order valence-electron chi connectivity index (χ3n) is 1.90. The highest BCUT2D eigenvalue weighted by molar-refractivity contribution is 5.81. The van der Waals surface area contributed by atoms with E-state index in [0.29, 0.717) is 13.2 Å². The van der Waals surface area contributed by atoms with Crippen molar-refractivity contribution >= 4 is 5.78 Å². The van der Waals surface area contributed by atoms with E-state index < -0.39 is 0 Å². The Morgan fingerprint density at radius 2 is 2.08 bits per heavy atom. The highest BCUT2D eigenvalue weighted by Gasteiger charge is 2.11. The number of carbonyl (C=O) groups is 1. The highest BCUT2D eigenvalue weighted by atomic mass is 16.5. The number of carbonyl (C=O) groups excluding carboxylic acids is 1. The molecule has 0 rings (SSSR count). The normalized spacial score (nSPS) is 12.8. The van der Waals surface area contributed by atoms with Crippen LogP contribution >= 0.6 is 0 Å². The molecule has 13 heavy (non-hydrogen) atoms. The molecule has 3 nitrogen and oxygen atoms in total. The van der Waals surface area contributed by atoms with Gasteiger partial charge in [-0.2, -0.15) is 0 Å². The quantitative estimate of drug-likeness (QED) is 0.543. The standard InChI is InChI=1S/C10H20O3/c1-4-6-13-8-10(11)9(2)5-7-12-3/h9H,4-8H2,1-3H3. The number of ether oxygens (including phenoxy) is 2. The highest BCUT2D eigenvalue weighted by Crippen LogP contribution is 2.03. The van der Waals surface area contributed by atoms with E-state index in [1.165, 1.54) is 0 Å². The third kappa shape index (κ3) is 6.72. The molecule has 0 saturated heterocycles. The first-order valence-electron chi connectivity index (χ1n) is 4.81. The average Bonchev–Trinajstić information content (AvgIpc) is 2.14. The maximum atomic E-state index is 11.3. The van der Waals surface area contributed by atoms with Gasteiger partial charge in [-0.1, -0.05) is 13.8 Å². The molecule has 0 aromatic rings. The van der Waals surface area contributed by atoms with Gasteiger partial charge < -0.3 is 9.47 Å². The zero-order valence-corrected chi connectivity index (χ0v) is 8.84. The molecule has 0 aromatic carbocycles. The maximum Gasteiger partial charge on any atom is 0.161 e. The van der Waals surface area contributed by atoms with E-state index in [1.807, 2.05) is 13.8 Å². The van der Waals surface area contributed by atoms with Crippen molar-refractivity contribution in [2.24, 2.45) is 5.92 Å². The van der Waals surface area contributed by atoms with Crippen molar-refractivity contribution in [2.45, 2.75) is 26.7 Å². The Balaban J connectivity index is 3.45. The number of Topliss-reactive ketones (excluding diaryl/α,β-unsaturated/α-hetero) is 1. The van der Waals surface area contributed by atoms with Crippen molar-refractivity contribution in [3.05, 3.63) is 0 Å². The first kappa shape index (κ1) is 12.6. The third-order valence-corrected chi connectivity index (χ3v) is 1.90. The summed E-state index contributed by atoms with van der Waals surface area (Å²) in [6.07, 6.45) is 1.74. The number of methoxy groups -OCH3 is 1. The molecule has 0 radical (unpaired) electrons. The van der Waals surface area contributed by atoms with Crippen molar-refractivity contribution in [3.8, 4) is 0 Å². The minimum absolute atomic E-state index is 0.0526. The zero-order valence-electron chi connectivity index (χ0n) is 8.84. The van der Waals surface area contributed by atoms with Crippen LogP contribution in [0.15, 0.2) is 0 Å². The van der Waals surface area contributed by atoms with E-state index >= 15 is 0 Å². The molecule has 0 aliphatic carbocycles. The van der Waals surface area contributed by atoms with Gasteiger partial charge in [0.05, 0.1) is 0 Å². The zero-order chi connectivity index (χ0) is 10.1. The summed E-state index contributed by atoms with van der Waals surface area (Å²) in [6.45, 7) is 5.50. The van der Waals surface area contributed by atoms with E-state index in [1.54, 1.807) is 7.11 Å². The number of ketones is 1. The van der Waals surface area contributed by atoms with E-state index in [-0.39, 0.29) is 18.3 Å². The summed E-state index contributed by atoms with van der Waals surface area (Å²) in [5, 5.41) is 0. The molecule has 0 heterocycles. The second-order valence-electron chi connectivity index (χ2n) is 3.20. The van der Waals surface area contributed by atoms with E-state index in [4.69, 9.17) is 9.47 Å². The summed E-state index contributed by atoms with van der Waals surface area (Å²) in [7, 11) is 1.64. The fraction of sp³-hybridized carbons (Fsp3) is 0.900. The van der Waals surface area contributed by atoms with Gasteiger partial charge in [-0.05, 0) is 12.8 Å². The van der Waals surface area contributed by atoms with Crippen LogP contribution in [0.5, 0.6) is 0 Å². The van der Waals surface area contributed by atoms with Crippen LogP contribution in [-0.2, 0) is 14.3 Å². The molecular formula is C10H20O3. The van der Waals surface area contributed by atoms with Gasteiger partial charge >= 0.3 is 0 Å². The summed E-state index contributed by atoms with van der Waals surface area (Å²) in [5.74, 6) is 0.224. The van der Waals surface area contributed by atoms with Gasteiger partial charge in [0.15, 0.2) is 5.78 Å². The monoisotopic (exact) mass is 188 g/mol. The Hall–Kier alpha value is -0.410. The van der Waals surface area contributed by atoms with Crippen LogP contribution in [0.1, 0.15) is 26.7 Å².